The average molecular weight is 334 g/mol. The van der Waals surface area contributed by atoms with Gasteiger partial charge >= 0.3 is 17.9 Å². The summed E-state index contributed by atoms with van der Waals surface area (Å²) in [4.78, 5) is 34.3. The van der Waals surface area contributed by atoms with Gasteiger partial charge in [-0.15, -0.1) is 0 Å². The number of rotatable bonds is 12. The van der Waals surface area contributed by atoms with Crippen LogP contribution in [0.2, 0.25) is 0 Å². The lowest BCUT2D eigenvalue weighted by Gasteiger charge is -2.29. The van der Waals surface area contributed by atoms with Gasteiger partial charge in [0.05, 0.1) is 18.9 Å². The summed E-state index contributed by atoms with van der Waals surface area (Å²) in [6.07, 6.45) is 2.57. The average Bonchev–Trinajstić information content (AvgIpc) is 2.42. The van der Waals surface area contributed by atoms with Gasteiger partial charge in [-0.25, -0.2) is 4.79 Å². The quantitative estimate of drug-likeness (QED) is 0.370. The van der Waals surface area contributed by atoms with Gasteiger partial charge in [-0.2, -0.15) is 0 Å². The van der Waals surface area contributed by atoms with E-state index < -0.39 is 35.8 Å². The zero-order chi connectivity index (χ0) is 17.2. The second-order valence-corrected chi connectivity index (χ2v) is 5.37. The summed E-state index contributed by atoms with van der Waals surface area (Å²) >= 11 is 0. The fourth-order valence-electron chi connectivity index (χ4n) is 2.15. The van der Waals surface area contributed by atoms with E-state index in [4.69, 9.17) is 9.84 Å². The van der Waals surface area contributed by atoms with Crippen LogP contribution in [0.25, 0.3) is 0 Å². The van der Waals surface area contributed by atoms with Gasteiger partial charge in [0.15, 0.2) is 5.60 Å². The first-order chi connectivity index (χ1) is 10.3. The molecule has 0 aliphatic heterocycles. The minimum Gasteiger partial charge on any atom is -0.481 e. The van der Waals surface area contributed by atoms with Crippen molar-refractivity contribution in [3.8, 4) is 0 Å². The maximum atomic E-state index is 12.1. The van der Waals surface area contributed by atoms with Gasteiger partial charge in [-0.1, -0.05) is 47.0 Å². The molecule has 0 aromatic heterocycles. The molecule has 23 heavy (non-hydrogen) atoms. The lowest BCUT2D eigenvalue weighted by molar-refractivity contribution is -0.182. The largest absolute Gasteiger partial charge is 0.481 e. The van der Waals surface area contributed by atoms with Crippen molar-refractivity contribution in [2.45, 2.75) is 71.8 Å². The molecule has 0 bridgehead atoms. The van der Waals surface area contributed by atoms with Gasteiger partial charge in [-0.3, -0.25) is 9.59 Å². The number of unbranched alkanes of at least 4 members (excludes halogenated alkanes) is 3. The molecule has 0 heterocycles. The summed E-state index contributed by atoms with van der Waals surface area (Å²) in [5.74, 6) is -5.43. The third kappa shape index (κ3) is 7.97. The number of aliphatic carboxylic acids is 2. The lowest BCUT2D eigenvalue weighted by atomic mass is 9.81. The van der Waals surface area contributed by atoms with Crippen LogP contribution in [-0.4, -0.2) is 45.4 Å². The first-order valence-corrected chi connectivity index (χ1v) is 7.63. The molecule has 0 aromatic rings. The highest BCUT2D eigenvalue weighted by molar-refractivity contribution is 5.90. The Morgan fingerprint density at radius 1 is 1.04 bits per heavy atom. The lowest BCUT2D eigenvalue weighted by Crippen LogP contribution is -2.51. The van der Waals surface area contributed by atoms with Crippen molar-refractivity contribution in [3.63, 3.8) is 0 Å². The summed E-state index contributed by atoms with van der Waals surface area (Å²) in [6, 6.07) is 0. The highest BCUT2D eigenvalue weighted by Gasteiger charge is 2.50. The first-order valence-electron chi connectivity index (χ1n) is 7.63. The first kappa shape index (κ1) is 23.6. The smallest absolute Gasteiger partial charge is 0.337 e. The van der Waals surface area contributed by atoms with Crippen molar-refractivity contribution in [2.24, 2.45) is 5.92 Å². The van der Waals surface area contributed by atoms with Crippen LogP contribution in [-0.2, 0) is 19.1 Å². The Kier molecular flexibility index (Phi) is 12.2. The number of carbonyl (C=O) groups excluding carboxylic acids is 1. The Labute approximate surface area is 137 Å². The summed E-state index contributed by atoms with van der Waals surface area (Å²) in [7, 11) is 0. The molecule has 0 saturated carbocycles. The van der Waals surface area contributed by atoms with Gasteiger partial charge < -0.3 is 20.1 Å². The van der Waals surface area contributed by atoms with Gasteiger partial charge in [0.2, 0.25) is 0 Å². The number of aliphatic hydroxyl groups is 1. The van der Waals surface area contributed by atoms with E-state index in [0.717, 1.165) is 19.3 Å². The Morgan fingerprint density at radius 2 is 1.61 bits per heavy atom. The predicted molar refractivity (Wildman–Crippen MR) is 85.1 cm³/mol. The molecule has 3 N–H and O–H groups in total. The number of carbonyl (C=O) groups is 3. The van der Waals surface area contributed by atoms with Crippen LogP contribution in [0.15, 0.2) is 0 Å². The maximum absolute atomic E-state index is 12.1. The van der Waals surface area contributed by atoms with E-state index in [1.165, 1.54) is 0 Å². The fraction of sp³-hybridized carbons (Fsp3) is 0.812. The van der Waals surface area contributed by atoms with Crippen LogP contribution in [0.3, 0.4) is 0 Å². The zero-order valence-corrected chi connectivity index (χ0v) is 13.2. The molecular weight excluding hydrogens is 304 g/mol. The molecule has 0 aromatic carbocycles. The van der Waals surface area contributed by atoms with Crippen LogP contribution < -0.4 is 0 Å². The number of hydrogen-bond donors (Lipinski definition) is 3. The summed E-state index contributed by atoms with van der Waals surface area (Å²) in [6.45, 7) is 3.97. The topological polar surface area (TPSA) is 121 Å². The molecule has 0 fully saturated rings. The summed E-state index contributed by atoms with van der Waals surface area (Å²) in [5.41, 5.74) is -2.65. The molecule has 2 atom stereocenters. The van der Waals surface area contributed by atoms with Crippen LogP contribution in [0.5, 0.6) is 0 Å². The van der Waals surface area contributed by atoms with Crippen LogP contribution in [0.1, 0.15) is 66.2 Å². The van der Waals surface area contributed by atoms with Crippen molar-refractivity contribution >= 4 is 17.9 Å². The maximum Gasteiger partial charge on any atom is 0.337 e. The third-order valence-corrected chi connectivity index (χ3v) is 3.49. The number of hydrogen-bond acceptors (Lipinski definition) is 5. The minimum absolute atomic E-state index is 0. The third-order valence-electron chi connectivity index (χ3n) is 3.49. The second-order valence-electron chi connectivity index (χ2n) is 5.37. The number of esters is 1. The van der Waals surface area contributed by atoms with E-state index >= 15 is 0 Å². The second kappa shape index (κ2) is 11.9. The Balaban J connectivity index is 0. The summed E-state index contributed by atoms with van der Waals surface area (Å²) in [5, 5.41) is 28.3. The molecule has 0 aliphatic rings. The SMILES string of the molecule is C.CCCCCC(C(=O)OCCCC)C(O)(CC(=O)O)C(=O)O. The molecule has 0 radical (unpaired) electrons. The molecule has 2 unspecified atom stereocenters. The van der Waals surface area contributed by atoms with Crippen molar-refractivity contribution in [1.82, 2.24) is 0 Å². The highest BCUT2D eigenvalue weighted by Crippen LogP contribution is 2.29. The molecule has 136 valence electrons. The monoisotopic (exact) mass is 334 g/mol. The Bertz CT molecular complexity index is 381. The van der Waals surface area contributed by atoms with E-state index in [1.54, 1.807) is 0 Å². The van der Waals surface area contributed by atoms with Crippen molar-refractivity contribution in [1.29, 1.82) is 0 Å². The standard InChI is InChI=1S/C15H26O7.CH4/c1-3-5-7-8-11(13(18)22-9-6-4-2)15(21,14(19)20)10-12(16)17;/h11,21H,3-10H2,1-2H3,(H,16,17)(H,19,20);1H4. The molecule has 0 rings (SSSR count). The van der Waals surface area contributed by atoms with Gasteiger partial charge in [0.1, 0.15) is 0 Å². The number of carboxylic acids is 2. The normalized spacial score (nSPS) is 14.2. The van der Waals surface area contributed by atoms with Crippen LogP contribution in [0.4, 0.5) is 0 Å². The van der Waals surface area contributed by atoms with Gasteiger partial charge in [0, 0.05) is 0 Å². The molecule has 0 aliphatic carbocycles. The molecule has 7 heteroatoms. The van der Waals surface area contributed by atoms with Crippen LogP contribution in [0, 0.1) is 5.92 Å². The molecule has 0 saturated heterocycles. The zero-order valence-electron chi connectivity index (χ0n) is 13.2. The van der Waals surface area contributed by atoms with Gasteiger partial charge in [-0.05, 0) is 12.8 Å². The predicted octanol–water partition coefficient (Wildman–Crippen LogP) is 2.45. The molecule has 0 amide bonds. The Hall–Kier alpha value is -1.63. The van der Waals surface area contributed by atoms with E-state index in [-0.39, 0.29) is 20.5 Å². The van der Waals surface area contributed by atoms with Crippen LogP contribution >= 0.6 is 0 Å². The van der Waals surface area contributed by atoms with E-state index in [2.05, 4.69) is 0 Å². The number of carboxylic acid groups (broad SMARTS) is 2. The molecular formula is C16H30O7. The highest BCUT2D eigenvalue weighted by atomic mass is 16.5. The molecule has 0 spiro atoms. The van der Waals surface area contributed by atoms with E-state index in [9.17, 15) is 24.6 Å². The van der Waals surface area contributed by atoms with Gasteiger partial charge in [0.25, 0.3) is 0 Å². The number of ether oxygens (including phenoxy) is 1. The van der Waals surface area contributed by atoms with E-state index in [0.29, 0.717) is 12.8 Å². The van der Waals surface area contributed by atoms with Crippen molar-refractivity contribution < 1.29 is 34.4 Å². The van der Waals surface area contributed by atoms with Crippen molar-refractivity contribution in [2.75, 3.05) is 6.61 Å². The minimum atomic E-state index is -2.65. The van der Waals surface area contributed by atoms with Crippen molar-refractivity contribution in [3.05, 3.63) is 0 Å². The molecule has 7 nitrogen and oxygen atoms in total. The summed E-state index contributed by atoms with van der Waals surface area (Å²) < 4.78 is 5.00. The Morgan fingerprint density at radius 3 is 2.04 bits per heavy atom. The van der Waals surface area contributed by atoms with E-state index in [1.807, 2.05) is 13.8 Å². The fourth-order valence-corrected chi connectivity index (χ4v) is 2.15.